The van der Waals surface area contributed by atoms with E-state index in [0.717, 1.165) is 24.4 Å². The van der Waals surface area contributed by atoms with Gasteiger partial charge in [-0.25, -0.2) is 4.39 Å². The van der Waals surface area contributed by atoms with Crippen LogP contribution in [0.2, 0.25) is 0 Å². The first-order valence-corrected chi connectivity index (χ1v) is 7.34. The van der Waals surface area contributed by atoms with Crippen LogP contribution in [0.5, 0.6) is 5.75 Å². The zero-order valence-electron chi connectivity index (χ0n) is 11.3. The molecule has 0 aromatic heterocycles. The Hall–Kier alpha value is -1.39. The Balaban J connectivity index is 1.97. The molecule has 0 bridgehead atoms. The van der Waals surface area contributed by atoms with Crippen LogP contribution in [0, 0.1) is 5.82 Å². The average molecular weight is 338 g/mol. The first-order chi connectivity index (χ1) is 9.69. The van der Waals surface area contributed by atoms with Crippen molar-refractivity contribution in [1.29, 1.82) is 0 Å². The second-order valence-electron chi connectivity index (χ2n) is 4.46. The van der Waals surface area contributed by atoms with Crippen LogP contribution in [0.15, 0.2) is 46.9 Å². The number of rotatable bonds is 6. The number of benzene rings is 2. The molecule has 1 N–H and O–H groups in total. The standard InChI is InChI=1S/C16H17BrFNO/c1-2-19-10-12-4-3-5-14(8-12)20-11-13-6-7-16(18)15(17)9-13/h3-9,19H,2,10-11H2,1H3. The third-order valence-electron chi connectivity index (χ3n) is 2.87. The van der Waals surface area contributed by atoms with Crippen LogP contribution < -0.4 is 10.1 Å². The lowest BCUT2D eigenvalue weighted by Crippen LogP contribution is -2.11. The lowest BCUT2D eigenvalue weighted by molar-refractivity contribution is 0.305. The molecular formula is C16H17BrFNO. The van der Waals surface area contributed by atoms with E-state index in [1.54, 1.807) is 12.1 Å². The van der Waals surface area contributed by atoms with Crippen molar-refractivity contribution in [2.75, 3.05) is 6.54 Å². The molecule has 0 aliphatic rings. The fourth-order valence-corrected chi connectivity index (χ4v) is 2.24. The van der Waals surface area contributed by atoms with E-state index in [1.165, 1.54) is 11.6 Å². The lowest BCUT2D eigenvalue weighted by Gasteiger charge is -2.09. The van der Waals surface area contributed by atoms with Gasteiger partial charge in [-0.3, -0.25) is 0 Å². The Labute approximate surface area is 127 Å². The molecule has 20 heavy (non-hydrogen) atoms. The summed E-state index contributed by atoms with van der Waals surface area (Å²) in [5, 5.41) is 3.28. The SMILES string of the molecule is CCNCc1cccc(OCc2ccc(F)c(Br)c2)c1. The normalized spacial score (nSPS) is 10.6. The molecule has 0 heterocycles. The molecule has 2 rings (SSSR count). The number of halogens is 2. The fourth-order valence-electron chi connectivity index (χ4n) is 1.81. The third-order valence-corrected chi connectivity index (χ3v) is 3.47. The first kappa shape index (κ1) is 15.0. The van der Waals surface area contributed by atoms with Gasteiger partial charge in [-0.15, -0.1) is 0 Å². The molecule has 0 fully saturated rings. The van der Waals surface area contributed by atoms with E-state index in [2.05, 4.69) is 34.2 Å². The van der Waals surface area contributed by atoms with Gasteiger partial charge in [0.15, 0.2) is 0 Å². The predicted molar refractivity (Wildman–Crippen MR) is 82.3 cm³/mol. The zero-order valence-corrected chi connectivity index (χ0v) is 12.9. The monoisotopic (exact) mass is 337 g/mol. The molecule has 2 aromatic rings. The van der Waals surface area contributed by atoms with E-state index < -0.39 is 0 Å². The van der Waals surface area contributed by atoms with Crippen molar-refractivity contribution < 1.29 is 9.13 Å². The van der Waals surface area contributed by atoms with Crippen LogP contribution in [0.1, 0.15) is 18.1 Å². The Kier molecular flexibility index (Phi) is 5.56. The molecule has 0 unspecified atom stereocenters. The minimum atomic E-state index is -0.263. The Morgan fingerprint density at radius 2 is 2.00 bits per heavy atom. The van der Waals surface area contributed by atoms with Crippen LogP contribution in [0.3, 0.4) is 0 Å². The van der Waals surface area contributed by atoms with E-state index in [0.29, 0.717) is 11.1 Å². The van der Waals surface area contributed by atoms with Crippen LogP contribution in [0.4, 0.5) is 4.39 Å². The topological polar surface area (TPSA) is 21.3 Å². The third kappa shape index (κ3) is 4.32. The minimum absolute atomic E-state index is 0.263. The van der Waals surface area contributed by atoms with Gasteiger partial charge in [-0.2, -0.15) is 0 Å². The Morgan fingerprint density at radius 1 is 1.15 bits per heavy atom. The summed E-state index contributed by atoms with van der Waals surface area (Å²) in [7, 11) is 0. The largest absolute Gasteiger partial charge is 0.489 e. The second-order valence-corrected chi connectivity index (χ2v) is 5.32. The molecule has 0 amide bonds. The van der Waals surface area contributed by atoms with E-state index in [1.807, 2.05) is 18.2 Å². The highest BCUT2D eigenvalue weighted by atomic mass is 79.9. The molecule has 0 saturated carbocycles. The van der Waals surface area contributed by atoms with Gasteiger partial charge in [-0.1, -0.05) is 25.1 Å². The quantitative estimate of drug-likeness (QED) is 0.849. The van der Waals surface area contributed by atoms with E-state index in [-0.39, 0.29) is 5.82 Å². The second kappa shape index (κ2) is 7.41. The van der Waals surface area contributed by atoms with Crippen molar-refractivity contribution >= 4 is 15.9 Å². The van der Waals surface area contributed by atoms with Gasteiger partial charge in [0.1, 0.15) is 18.2 Å². The summed E-state index contributed by atoms with van der Waals surface area (Å²) >= 11 is 3.17. The molecular weight excluding hydrogens is 321 g/mol. The van der Waals surface area contributed by atoms with Crippen molar-refractivity contribution in [2.24, 2.45) is 0 Å². The summed E-state index contributed by atoms with van der Waals surface area (Å²) in [5.41, 5.74) is 2.11. The Bertz CT molecular complexity index is 574. The number of hydrogen-bond donors (Lipinski definition) is 1. The summed E-state index contributed by atoms with van der Waals surface area (Å²) in [6.07, 6.45) is 0. The van der Waals surface area contributed by atoms with Crippen molar-refractivity contribution in [1.82, 2.24) is 5.32 Å². The van der Waals surface area contributed by atoms with Crippen molar-refractivity contribution in [3.8, 4) is 5.75 Å². The first-order valence-electron chi connectivity index (χ1n) is 6.55. The summed E-state index contributed by atoms with van der Waals surface area (Å²) in [6.45, 7) is 4.26. The Morgan fingerprint density at radius 3 is 2.75 bits per heavy atom. The maximum absolute atomic E-state index is 13.1. The molecule has 0 radical (unpaired) electrons. The zero-order chi connectivity index (χ0) is 14.4. The average Bonchev–Trinajstić information content (AvgIpc) is 2.47. The van der Waals surface area contributed by atoms with Crippen LogP contribution in [0.25, 0.3) is 0 Å². The van der Waals surface area contributed by atoms with E-state index in [9.17, 15) is 4.39 Å². The fraction of sp³-hybridized carbons (Fsp3) is 0.250. The van der Waals surface area contributed by atoms with Gasteiger partial charge in [0, 0.05) is 6.54 Å². The van der Waals surface area contributed by atoms with Crippen LogP contribution in [-0.2, 0) is 13.2 Å². The number of hydrogen-bond acceptors (Lipinski definition) is 2. The van der Waals surface area contributed by atoms with E-state index in [4.69, 9.17) is 4.74 Å². The van der Waals surface area contributed by atoms with E-state index >= 15 is 0 Å². The molecule has 106 valence electrons. The van der Waals surface area contributed by atoms with Crippen LogP contribution >= 0.6 is 15.9 Å². The molecule has 0 atom stereocenters. The summed E-state index contributed by atoms with van der Waals surface area (Å²) in [6, 6.07) is 12.9. The molecule has 0 aliphatic heterocycles. The van der Waals surface area contributed by atoms with Gasteiger partial charge in [0.25, 0.3) is 0 Å². The van der Waals surface area contributed by atoms with Gasteiger partial charge in [0.2, 0.25) is 0 Å². The van der Waals surface area contributed by atoms with Crippen molar-refractivity contribution in [2.45, 2.75) is 20.1 Å². The van der Waals surface area contributed by atoms with Gasteiger partial charge >= 0.3 is 0 Å². The van der Waals surface area contributed by atoms with Gasteiger partial charge in [0.05, 0.1) is 4.47 Å². The predicted octanol–water partition coefficient (Wildman–Crippen LogP) is 4.28. The maximum Gasteiger partial charge on any atom is 0.137 e. The summed E-state index contributed by atoms with van der Waals surface area (Å²) in [5.74, 6) is 0.558. The highest BCUT2D eigenvalue weighted by Gasteiger charge is 2.02. The van der Waals surface area contributed by atoms with Gasteiger partial charge < -0.3 is 10.1 Å². The highest BCUT2D eigenvalue weighted by Crippen LogP contribution is 2.19. The van der Waals surface area contributed by atoms with Crippen molar-refractivity contribution in [3.05, 3.63) is 63.9 Å². The number of nitrogens with one attached hydrogen (secondary N) is 1. The highest BCUT2D eigenvalue weighted by molar-refractivity contribution is 9.10. The molecule has 0 spiro atoms. The number of ether oxygens (including phenoxy) is 1. The molecule has 2 aromatic carbocycles. The summed E-state index contributed by atoms with van der Waals surface area (Å²) in [4.78, 5) is 0. The lowest BCUT2D eigenvalue weighted by atomic mass is 10.2. The molecule has 4 heteroatoms. The van der Waals surface area contributed by atoms with Gasteiger partial charge in [-0.05, 0) is 57.9 Å². The maximum atomic E-state index is 13.1. The molecule has 0 aliphatic carbocycles. The molecule has 0 saturated heterocycles. The smallest absolute Gasteiger partial charge is 0.137 e. The van der Waals surface area contributed by atoms with Crippen molar-refractivity contribution in [3.63, 3.8) is 0 Å². The van der Waals surface area contributed by atoms with Crippen LogP contribution in [-0.4, -0.2) is 6.54 Å². The summed E-state index contributed by atoms with van der Waals surface area (Å²) < 4.78 is 19.3. The molecule has 2 nitrogen and oxygen atoms in total. The minimum Gasteiger partial charge on any atom is -0.489 e.